The molecule has 0 aromatic rings. The van der Waals surface area contributed by atoms with Crippen molar-refractivity contribution < 1.29 is 0 Å². The summed E-state index contributed by atoms with van der Waals surface area (Å²) < 4.78 is 1.18. The number of halogens is 1. The number of hydrogen-bond donors (Lipinski definition) is 0. The molecule has 0 amide bonds. The molecule has 0 bridgehead atoms. The lowest BCUT2D eigenvalue weighted by Gasteiger charge is -2.09. The monoisotopic (exact) mass is 363 g/mol. The first-order chi connectivity index (χ1) is 8.60. The van der Waals surface area contributed by atoms with Crippen LogP contribution in [0, 0.1) is 0 Å². The van der Waals surface area contributed by atoms with Gasteiger partial charge in [-0.3, -0.25) is 0 Å². The van der Waals surface area contributed by atoms with Crippen LogP contribution in [0.4, 0.5) is 0 Å². The third-order valence-electron chi connectivity index (χ3n) is 2.94. The SMILES string of the molecule is CCCCC/C=C(/CI)CC/C=C(/C)CN(C)C. The van der Waals surface area contributed by atoms with Crippen molar-refractivity contribution >= 4 is 22.6 Å². The van der Waals surface area contributed by atoms with E-state index in [1.54, 1.807) is 5.57 Å². The second kappa shape index (κ2) is 12.2. The molecule has 0 aliphatic rings. The van der Waals surface area contributed by atoms with E-state index in [0.717, 1.165) is 6.54 Å². The predicted octanol–water partition coefficient (Wildman–Crippen LogP) is 5.22. The normalized spacial score (nSPS) is 13.4. The summed E-state index contributed by atoms with van der Waals surface area (Å²) in [5.74, 6) is 0. The van der Waals surface area contributed by atoms with Gasteiger partial charge in [0.1, 0.15) is 0 Å². The van der Waals surface area contributed by atoms with Crippen molar-refractivity contribution in [3.63, 3.8) is 0 Å². The molecule has 0 aromatic heterocycles. The molecule has 0 rings (SSSR count). The molecule has 18 heavy (non-hydrogen) atoms. The summed E-state index contributed by atoms with van der Waals surface area (Å²) in [6.07, 6.45) is 12.6. The van der Waals surface area contributed by atoms with Crippen LogP contribution in [0.25, 0.3) is 0 Å². The second-order valence-electron chi connectivity index (χ2n) is 5.32. The van der Waals surface area contributed by atoms with Gasteiger partial charge in [-0.2, -0.15) is 0 Å². The lowest BCUT2D eigenvalue weighted by atomic mass is 10.1. The van der Waals surface area contributed by atoms with Gasteiger partial charge in [-0.25, -0.2) is 0 Å². The van der Waals surface area contributed by atoms with Crippen molar-refractivity contribution in [1.29, 1.82) is 0 Å². The Morgan fingerprint density at radius 2 is 1.83 bits per heavy atom. The van der Waals surface area contributed by atoms with E-state index >= 15 is 0 Å². The average Bonchev–Trinajstić information content (AvgIpc) is 2.31. The minimum atomic E-state index is 1.08. The molecule has 0 radical (unpaired) electrons. The Kier molecular flexibility index (Phi) is 12.3. The van der Waals surface area contributed by atoms with Gasteiger partial charge in [-0.1, -0.05) is 65.7 Å². The number of hydrogen-bond acceptors (Lipinski definition) is 1. The summed E-state index contributed by atoms with van der Waals surface area (Å²) in [6, 6.07) is 0. The first-order valence-corrected chi connectivity index (χ1v) is 8.67. The number of nitrogens with zero attached hydrogens (tertiary/aromatic N) is 1. The fraction of sp³-hybridized carbons (Fsp3) is 0.750. The largest absolute Gasteiger partial charge is 0.305 e. The highest BCUT2D eigenvalue weighted by molar-refractivity contribution is 14.1. The van der Waals surface area contributed by atoms with E-state index in [1.807, 2.05) is 0 Å². The first kappa shape index (κ1) is 18.2. The van der Waals surface area contributed by atoms with Crippen LogP contribution in [0.3, 0.4) is 0 Å². The van der Waals surface area contributed by atoms with Gasteiger partial charge < -0.3 is 4.90 Å². The highest BCUT2D eigenvalue weighted by Gasteiger charge is 1.96. The van der Waals surface area contributed by atoms with Crippen LogP contribution < -0.4 is 0 Å². The third kappa shape index (κ3) is 11.3. The number of rotatable bonds is 10. The Balaban J connectivity index is 3.92. The second-order valence-corrected chi connectivity index (χ2v) is 6.08. The standard InChI is InChI=1S/C16H30IN/c1-5-6-7-8-11-16(13-17)12-9-10-15(2)14-18(3)4/h10-11H,5-9,12-14H2,1-4H3/b15-10-,16-11+. The van der Waals surface area contributed by atoms with E-state index in [9.17, 15) is 0 Å². The zero-order valence-electron chi connectivity index (χ0n) is 12.6. The number of unbranched alkanes of at least 4 members (excludes halogenated alkanes) is 3. The molecule has 1 nitrogen and oxygen atoms in total. The minimum Gasteiger partial charge on any atom is -0.305 e. The summed E-state index contributed by atoms with van der Waals surface area (Å²) in [5, 5.41) is 0. The van der Waals surface area contributed by atoms with Gasteiger partial charge in [-0.15, -0.1) is 0 Å². The van der Waals surface area contributed by atoms with E-state index < -0.39 is 0 Å². The van der Waals surface area contributed by atoms with E-state index in [-0.39, 0.29) is 0 Å². The maximum atomic E-state index is 2.49. The Bertz CT molecular complexity index is 254. The Hall–Kier alpha value is 0.170. The molecule has 0 heterocycles. The Morgan fingerprint density at radius 3 is 2.39 bits per heavy atom. The molecule has 0 aliphatic carbocycles. The first-order valence-electron chi connectivity index (χ1n) is 7.14. The molecule has 106 valence electrons. The van der Waals surface area contributed by atoms with Gasteiger partial charge >= 0.3 is 0 Å². The van der Waals surface area contributed by atoms with Crippen LogP contribution in [-0.2, 0) is 0 Å². The molecule has 2 heteroatoms. The molecule has 0 aromatic carbocycles. The number of allylic oxidation sites excluding steroid dienone is 3. The lowest BCUT2D eigenvalue weighted by molar-refractivity contribution is 0.444. The highest BCUT2D eigenvalue weighted by atomic mass is 127. The Morgan fingerprint density at radius 1 is 1.11 bits per heavy atom. The third-order valence-corrected chi connectivity index (χ3v) is 3.92. The number of alkyl halides is 1. The van der Waals surface area contributed by atoms with Gasteiger partial charge in [-0.05, 0) is 46.7 Å². The molecule has 0 unspecified atom stereocenters. The summed E-state index contributed by atoms with van der Waals surface area (Å²) in [5.41, 5.74) is 3.11. The molecular formula is C16H30IN. The van der Waals surface area contributed by atoms with E-state index in [0.29, 0.717) is 0 Å². The van der Waals surface area contributed by atoms with Crippen LogP contribution in [0.15, 0.2) is 23.3 Å². The van der Waals surface area contributed by atoms with Gasteiger partial charge in [0.25, 0.3) is 0 Å². The number of likely N-dealkylation sites (N-methyl/N-ethyl adjacent to an activating group) is 1. The summed E-state index contributed by atoms with van der Waals surface area (Å²) in [7, 11) is 4.25. The van der Waals surface area contributed by atoms with E-state index in [1.165, 1.54) is 48.5 Å². The van der Waals surface area contributed by atoms with Gasteiger partial charge in [0.2, 0.25) is 0 Å². The van der Waals surface area contributed by atoms with Crippen molar-refractivity contribution in [3.05, 3.63) is 23.3 Å². The minimum absolute atomic E-state index is 1.08. The van der Waals surface area contributed by atoms with Crippen molar-refractivity contribution in [2.24, 2.45) is 0 Å². The quantitative estimate of drug-likeness (QED) is 0.223. The topological polar surface area (TPSA) is 3.24 Å². The molecule has 0 N–H and O–H groups in total. The van der Waals surface area contributed by atoms with Crippen LogP contribution in [0.1, 0.15) is 52.4 Å². The molecule has 0 atom stereocenters. The fourth-order valence-electron chi connectivity index (χ4n) is 1.99. The van der Waals surface area contributed by atoms with Crippen molar-refractivity contribution in [1.82, 2.24) is 4.90 Å². The van der Waals surface area contributed by atoms with E-state index in [2.05, 4.69) is 67.6 Å². The zero-order chi connectivity index (χ0) is 13.8. The lowest BCUT2D eigenvalue weighted by Crippen LogP contribution is -2.13. The fourth-order valence-corrected chi connectivity index (χ4v) is 2.68. The molecular weight excluding hydrogens is 333 g/mol. The van der Waals surface area contributed by atoms with Gasteiger partial charge in [0.15, 0.2) is 0 Å². The maximum Gasteiger partial charge on any atom is 0.0205 e. The van der Waals surface area contributed by atoms with Crippen molar-refractivity contribution in [2.45, 2.75) is 52.4 Å². The molecule has 0 spiro atoms. The summed E-state index contributed by atoms with van der Waals surface area (Å²) in [4.78, 5) is 2.23. The highest BCUT2D eigenvalue weighted by Crippen LogP contribution is 2.13. The van der Waals surface area contributed by atoms with Crippen molar-refractivity contribution in [3.8, 4) is 0 Å². The molecule has 0 saturated heterocycles. The molecule has 0 aliphatic heterocycles. The predicted molar refractivity (Wildman–Crippen MR) is 92.7 cm³/mol. The molecule has 0 saturated carbocycles. The van der Waals surface area contributed by atoms with Crippen molar-refractivity contribution in [2.75, 3.05) is 25.1 Å². The van der Waals surface area contributed by atoms with Crippen LogP contribution >= 0.6 is 22.6 Å². The average molecular weight is 363 g/mol. The maximum absolute atomic E-state index is 2.49. The summed E-state index contributed by atoms with van der Waals surface area (Å²) >= 11 is 2.49. The smallest absolute Gasteiger partial charge is 0.0205 e. The van der Waals surface area contributed by atoms with Gasteiger partial charge in [0.05, 0.1) is 0 Å². The summed E-state index contributed by atoms with van der Waals surface area (Å²) in [6.45, 7) is 5.58. The van der Waals surface area contributed by atoms with Gasteiger partial charge in [0, 0.05) is 11.0 Å². The van der Waals surface area contributed by atoms with Crippen LogP contribution in [-0.4, -0.2) is 30.0 Å². The Labute approximate surface area is 128 Å². The van der Waals surface area contributed by atoms with Crippen LogP contribution in [0.2, 0.25) is 0 Å². The van der Waals surface area contributed by atoms with E-state index in [4.69, 9.17) is 0 Å². The molecule has 0 fully saturated rings. The zero-order valence-corrected chi connectivity index (χ0v) is 14.8. The van der Waals surface area contributed by atoms with Crippen LogP contribution in [0.5, 0.6) is 0 Å².